The Balaban J connectivity index is 1.38. The summed E-state index contributed by atoms with van der Waals surface area (Å²) in [6.07, 6.45) is 4.41. The fourth-order valence-corrected chi connectivity index (χ4v) is 4.24. The van der Waals surface area contributed by atoms with Crippen molar-refractivity contribution in [3.63, 3.8) is 0 Å². The van der Waals surface area contributed by atoms with E-state index < -0.39 is 0 Å². The largest absolute Gasteiger partial charge is 0.488 e. The van der Waals surface area contributed by atoms with Crippen molar-refractivity contribution in [1.29, 1.82) is 5.26 Å². The molecule has 0 spiro atoms. The zero-order valence-electron chi connectivity index (χ0n) is 15.0. The van der Waals surface area contributed by atoms with Crippen LogP contribution in [0.2, 0.25) is 0 Å². The molecule has 2 atom stereocenters. The van der Waals surface area contributed by atoms with Gasteiger partial charge in [0.05, 0.1) is 18.1 Å². The van der Waals surface area contributed by atoms with E-state index in [-0.39, 0.29) is 18.1 Å². The van der Waals surface area contributed by atoms with Crippen LogP contribution in [0.4, 0.5) is 0 Å². The van der Waals surface area contributed by atoms with Crippen LogP contribution in [0.1, 0.15) is 19.3 Å². The topological polar surface area (TPSA) is 69.5 Å². The number of nitrogens with zero attached hydrogens (tertiary/aromatic N) is 4. The third-order valence-electron chi connectivity index (χ3n) is 5.27. The lowest BCUT2D eigenvalue weighted by Gasteiger charge is -2.23. The lowest BCUT2D eigenvalue weighted by molar-refractivity contribution is -0.132. The molecule has 1 aromatic heterocycles. The highest BCUT2D eigenvalue weighted by Gasteiger charge is 2.32. The Labute approximate surface area is 166 Å². The molecule has 4 rings (SSSR count). The van der Waals surface area contributed by atoms with Crippen molar-refractivity contribution in [2.24, 2.45) is 0 Å². The number of carbonyl (C=O) groups is 1. The fourth-order valence-electron chi connectivity index (χ4n) is 3.90. The van der Waals surface area contributed by atoms with Gasteiger partial charge in [-0.15, -0.1) is 0 Å². The first-order valence-corrected chi connectivity index (χ1v) is 10.1. The zero-order chi connectivity index (χ0) is 18.8. The van der Waals surface area contributed by atoms with Crippen molar-refractivity contribution in [2.45, 2.75) is 31.4 Å². The average molecular weight is 429 g/mol. The van der Waals surface area contributed by atoms with Crippen molar-refractivity contribution in [3.8, 4) is 11.8 Å². The van der Waals surface area contributed by atoms with Crippen LogP contribution in [-0.4, -0.2) is 59.0 Å². The molecule has 0 N–H and O–H groups in total. The Morgan fingerprint density at radius 2 is 2.22 bits per heavy atom. The van der Waals surface area contributed by atoms with Crippen LogP contribution in [-0.2, 0) is 4.79 Å². The molecule has 1 aromatic carbocycles. The van der Waals surface area contributed by atoms with Gasteiger partial charge in [0.25, 0.3) is 0 Å². The van der Waals surface area contributed by atoms with Crippen LogP contribution >= 0.6 is 15.9 Å². The summed E-state index contributed by atoms with van der Waals surface area (Å²) in [5.74, 6) is 0.883. The Kier molecular flexibility index (Phi) is 5.28. The average Bonchev–Trinajstić information content (AvgIpc) is 3.30. The molecule has 0 saturated carbocycles. The third-order valence-corrected chi connectivity index (χ3v) is 5.76. The van der Waals surface area contributed by atoms with E-state index in [1.807, 2.05) is 24.3 Å². The maximum Gasteiger partial charge on any atom is 0.237 e. The highest BCUT2D eigenvalue weighted by atomic mass is 79.9. The summed E-state index contributed by atoms with van der Waals surface area (Å²) in [6, 6.07) is 9.84. The van der Waals surface area contributed by atoms with Crippen LogP contribution in [0.15, 0.2) is 34.9 Å². The number of nitriles is 1. The number of hydrogen-bond donors (Lipinski definition) is 0. The fraction of sp³-hybridized carbons (Fsp3) is 0.450. The van der Waals surface area contributed by atoms with Crippen molar-refractivity contribution in [3.05, 3.63) is 34.9 Å². The van der Waals surface area contributed by atoms with Crippen LogP contribution in [0.3, 0.4) is 0 Å². The molecule has 2 aliphatic heterocycles. The maximum absolute atomic E-state index is 12.5. The minimum absolute atomic E-state index is 0.0531. The number of rotatable bonds is 4. The molecule has 0 bridgehead atoms. The smallest absolute Gasteiger partial charge is 0.237 e. The van der Waals surface area contributed by atoms with E-state index in [0.29, 0.717) is 13.1 Å². The minimum Gasteiger partial charge on any atom is -0.488 e. The monoisotopic (exact) mass is 428 g/mol. The van der Waals surface area contributed by atoms with Gasteiger partial charge in [-0.05, 0) is 43.5 Å². The van der Waals surface area contributed by atoms with Gasteiger partial charge in [-0.3, -0.25) is 14.7 Å². The number of likely N-dealkylation sites (tertiary alicyclic amines) is 2. The first-order chi connectivity index (χ1) is 13.1. The predicted molar refractivity (Wildman–Crippen MR) is 105 cm³/mol. The second kappa shape index (κ2) is 7.83. The molecule has 2 aromatic rings. The molecule has 2 aliphatic rings. The molecule has 1 amide bonds. The van der Waals surface area contributed by atoms with Crippen LogP contribution in [0.25, 0.3) is 10.9 Å². The van der Waals surface area contributed by atoms with Gasteiger partial charge in [-0.2, -0.15) is 5.26 Å². The number of halogens is 1. The van der Waals surface area contributed by atoms with E-state index in [1.165, 1.54) is 0 Å². The van der Waals surface area contributed by atoms with Gasteiger partial charge in [0, 0.05) is 35.7 Å². The van der Waals surface area contributed by atoms with Gasteiger partial charge in [0.1, 0.15) is 17.9 Å². The van der Waals surface area contributed by atoms with Gasteiger partial charge in [0.15, 0.2) is 0 Å². The molecule has 7 heteroatoms. The highest BCUT2D eigenvalue weighted by molar-refractivity contribution is 9.10. The van der Waals surface area contributed by atoms with Crippen LogP contribution in [0, 0.1) is 11.3 Å². The van der Waals surface area contributed by atoms with Crippen molar-refractivity contribution < 1.29 is 9.53 Å². The number of pyridine rings is 1. The Bertz CT molecular complexity index is 897. The molecular weight excluding hydrogens is 408 g/mol. The Morgan fingerprint density at radius 3 is 3.07 bits per heavy atom. The number of benzene rings is 1. The SMILES string of the molecule is N#CC1CCCN1C(=O)CN1CC[C@H](Oc2ccnc3cc(Br)ccc23)C1. The summed E-state index contributed by atoms with van der Waals surface area (Å²) in [4.78, 5) is 20.8. The van der Waals surface area contributed by atoms with Crippen molar-refractivity contribution >= 4 is 32.7 Å². The Morgan fingerprint density at radius 1 is 1.33 bits per heavy atom. The molecule has 27 heavy (non-hydrogen) atoms. The van der Waals surface area contributed by atoms with E-state index in [9.17, 15) is 10.1 Å². The van der Waals surface area contributed by atoms with Gasteiger partial charge in [0.2, 0.25) is 5.91 Å². The molecule has 2 fully saturated rings. The maximum atomic E-state index is 12.5. The first kappa shape index (κ1) is 18.2. The summed E-state index contributed by atoms with van der Waals surface area (Å²) in [7, 11) is 0. The first-order valence-electron chi connectivity index (χ1n) is 9.26. The molecule has 6 nitrogen and oxygen atoms in total. The summed E-state index contributed by atoms with van der Waals surface area (Å²) in [5, 5.41) is 10.2. The normalized spacial score (nSPS) is 22.9. The van der Waals surface area contributed by atoms with E-state index >= 15 is 0 Å². The van der Waals surface area contributed by atoms with Gasteiger partial charge in [-0.25, -0.2) is 0 Å². The van der Waals surface area contributed by atoms with Crippen LogP contribution < -0.4 is 4.74 Å². The van der Waals surface area contributed by atoms with E-state index in [0.717, 1.165) is 53.5 Å². The van der Waals surface area contributed by atoms with Crippen molar-refractivity contribution in [1.82, 2.24) is 14.8 Å². The zero-order valence-corrected chi connectivity index (χ0v) is 16.6. The molecular formula is C20H21BrN4O2. The number of aromatic nitrogens is 1. The van der Waals surface area contributed by atoms with E-state index in [1.54, 1.807) is 11.1 Å². The van der Waals surface area contributed by atoms with Gasteiger partial charge in [-0.1, -0.05) is 15.9 Å². The lowest BCUT2D eigenvalue weighted by Crippen LogP contribution is -2.42. The third kappa shape index (κ3) is 3.92. The quantitative estimate of drug-likeness (QED) is 0.748. The number of amides is 1. The van der Waals surface area contributed by atoms with E-state index in [4.69, 9.17) is 4.74 Å². The summed E-state index contributed by atoms with van der Waals surface area (Å²) in [5.41, 5.74) is 0.892. The molecule has 2 saturated heterocycles. The standard InChI is InChI=1S/C20H21BrN4O2/c21-14-3-4-17-18(10-14)23-7-5-19(17)27-16-6-9-24(12-16)13-20(26)25-8-1-2-15(25)11-22/h3-5,7,10,15-16H,1-2,6,8-9,12-13H2/t15?,16-/m0/s1. The van der Waals surface area contributed by atoms with Gasteiger partial charge < -0.3 is 9.64 Å². The summed E-state index contributed by atoms with van der Waals surface area (Å²) < 4.78 is 7.22. The highest BCUT2D eigenvalue weighted by Crippen LogP contribution is 2.28. The summed E-state index contributed by atoms with van der Waals surface area (Å²) >= 11 is 3.47. The van der Waals surface area contributed by atoms with Crippen molar-refractivity contribution in [2.75, 3.05) is 26.2 Å². The molecule has 0 radical (unpaired) electrons. The molecule has 3 heterocycles. The second-order valence-electron chi connectivity index (χ2n) is 7.11. The van der Waals surface area contributed by atoms with Crippen LogP contribution in [0.5, 0.6) is 5.75 Å². The molecule has 140 valence electrons. The van der Waals surface area contributed by atoms with Gasteiger partial charge >= 0.3 is 0 Å². The number of hydrogen-bond acceptors (Lipinski definition) is 5. The minimum atomic E-state index is -0.255. The molecule has 0 aliphatic carbocycles. The molecule has 1 unspecified atom stereocenters. The van der Waals surface area contributed by atoms with E-state index in [2.05, 4.69) is 31.9 Å². The number of ether oxygens (including phenoxy) is 1. The number of fused-ring (bicyclic) bond motifs is 1. The second-order valence-corrected chi connectivity index (χ2v) is 8.02. The summed E-state index contributed by atoms with van der Waals surface area (Å²) in [6.45, 7) is 2.61. The Hall–Kier alpha value is -2.17. The predicted octanol–water partition coefficient (Wildman–Crippen LogP) is 2.96. The lowest BCUT2D eigenvalue weighted by atomic mass is 10.2. The number of carbonyl (C=O) groups excluding carboxylic acids is 1.